The van der Waals surface area contributed by atoms with Crippen molar-refractivity contribution < 1.29 is 25.2 Å². The van der Waals surface area contributed by atoms with Crippen LogP contribution in [0.3, 0.4) is 0 Å². The molecule has 1 amide bonds. The van der Waals surface area contributed by atoms with Gasteiger partial charge >= 0.3 is 0 Å². The summed E-state index contributed by atoms with van der Waals surface area (Å²) in [5, 5.41) is 43.1. The van der Waals surface area contributed by atoms with Crippen molar-refractivity contribution in [1.82, 2.24) is 5.32 Å². The number of hydrogen-bond donors (Lipinski definition) is 5. The summed E-state index contributed by atoms with van der Waals surface area (Å²) in [5.41, 5.74) is 0. The van der Waals surface area contributed by atoms with Crippen LogP contribution in [0.2, 0.25) is 0 Å². The van der Waals surface area contributed by atoms with E-state index in [-0.39, 0.29) is 0 Å². The van der Waals surface area contributed by atoms with Crippen LogP contribution in [0.15, 0.2) is 12.2 Å². The number of hydrogen-bond acceptors (Lipinski definition) is 5. The molecule has 0 aliphatic heterocycles. The molecular formula is C31H61NO5. The number of carbonyl (C=O) groups is 1. The van der Waals surface area contributed by atoms with E-state index >= 15 is 0 Å². The first kappa shape index (κ1) is 36.0. The van der Waals surface area contributed by atoms with Crippen molar-refractivity contribution in [1.29, 1.82) is 0 Å². The molecule has 37 heavy (non-hydrogen) atoms. The molecule has 0 bridgehead atoms. The molecule has 0 aromatic heterocycles. The molecular weight excluding hydrogens is 466 g/mol. The molecule has 5 N–H and O–H groups in total. The zero-order chi connectivity index (χ0) is 27.6. The van der Waals surface area contributed by atoms with Crippen LogP contribution in [0.1, 0.15) is 149 Å². The zero-order valence-corrected chi connectivity index (χ0v) is 24.2. The average molecular weight is 528 g/mol. The molecule has 0 aliphatic carbocycles. The van der Waals surface area contributed by atoms with Crippen LogP contribution in [-0.2, 0) is 4.79 Å². The lowest BCUT2D eigenvalue weighted by Crippen LogP contribution is -2.53. The third-order valence-corrected chi connectivity index (χ3v) is 7.23. The third-order valence-electron chi connectivity index (χ3n) is 7.23. The number of aliphatic hydroxyl groups excluding tert-OH is 4. The van der Waals surface area contributed by atoms with E-state index in [2.05, 4.69) is 31.3 Å². The smallest absolute Gasteiger partial charge is 0.249 e. The van der Waals surface area contributed by atoms with Crippen LogP contribution < -0.4 is 5.32 Å². The summed E-state index contributed by atoms with van der Waals surface area (Å²) in [6, 6.07) is -0.984. The Morgan fingerprint density at radius 1 is 0.649 bits per heavy atom. The molecule has 0 heterocycles. The summed E-state index contributed by atoms with van der Waals surface area (Å²) in [5.74, 6) is -0.602. The maximum atomic E-state index is 12.3. The summed E-state index contributed by atoms with van der Waals surface area (Å²) in [6.45, 7) is 3.94. The van der Waals surface area contributed by atoms with Gasteiger partial charge in [-0.2, -0.15) is 0 Å². The minimum Gasteiger partial charge on any atom is -0.394 e. The predicted octanol–water partition coefficient (Wildman–Crippen LogP) is 6.33. The lowest BCUT2D eigenvalue weighted by atomic mass is 9.99. The van der Waals surface area contributed by atoms with Gasteiger partial charge in [-0.25, -0.2) is 0 Å². The second-order valence-corrected chi connectivity index (χ2v) is 10.8. The SMILES string of the molecule is CCCC/C=C\CCCCCC(O)C(=O)NC(CO)C(O)C(O)CCCCCCCCCCCCCC. The number of carbonyl (C=O) groups excluding carboxylic acids is 1. The Hall–Kier alpha value is -0.950. The molecule has 6 nitrogen and oxygen atoms in total. The Balaban J connectivity index is 3.92. The number of aliphatic hydroxyl groups is 4. The molecule has 0 saturated heterocycles. The molecule has 0 aromatic carbocycles. The number of nitrogens with one attached hydrogen (secondary N) is 1. The van der Waals surface area contributed by atoms with Gasteiger partial charge in [0.15, 0.2) is 0 Å². The van der Waals surface area contributed by atoms with Gasteiger partial charge in [-0.05, 0) is 32.1 Å². The monoisotopic (exact) mass is 527 g/mol. The Morgan fingerprint density at radius 3 is 1.65 bits per heavy atom. The molecule has 0 saturated carbocycles. The Labute approximate surface area is 228 Å². The van der Waals surface area contributed by atoms with E-state index in [0.29, 0.717) is 12.8 Å². The lowest BCUT2D eigenvalue weighted by molar-refractivity contribution is -0.132. The van der Waals surface area contributed by atoms with Crippen molar-refractivity contribution in [3.63, 3.8) is 0 Å². The molecule has 0 fully saturated rings. The van der Waals surface area contributed by atoms with E-state index in [1.54, 1.807) is 0 Å². The van der Waals surface area contributed by atoms with Gasteiger partial charge in [0.2, 0.25) is 5.91 Å². The van der Waals surface area contributed by atoms with Gasteiger partial charge in [0.05, 0.1) is 18.8 Å². The summed E-state index contributed by atoms with van der Waals surface area (Å²) < 4.78 is 0. The van der Waals surface area contributed by atoms with Crippen molar-refractivity contribution in [2.24, 2.45) is 0 Å². The zero-order valence-electron chi connectivity index (χ0n) is 24.2. The third kappa shape index (κ3) is 21.7. The molecule has 4 unspecified atom stereocenters. The Morgan fingerprint density at radius 2 is 1.11 bits per heavy atom. The first-order chi connectivity index (χ1) is 18.0. The van der Waals surface area contributed by atoms with Crippen LogP contribution in [0, 0.1) is 0 Å². The molecule has 0 aromatic rings. The van der Waals surface area contributed by atoms with E-state index in [4.69, 9.17) is 0 Å². The molecule has 0 radical (unpaired) electrons. The van der Waals surface area contributed by atoms with Gasteiger partial charge < -0.3 is 25.7 Å². The fourth-order valence-electron chi connectivity index (χ4n) is 4.62. The summed E-state index contributed by atoms with van der Waals surface area (Å²) >= 11 is 0. The summed E-state index contributed by atoms with van der Waals surface area (Å²) in [6.07, 6.45) is 23.8. The van der Waals surface area contributed by atoms with Crippen LogP contribution in [0.4, 0.5) is 0 Å². The average Bonchev–Trinajstić information content (AvgIpc) is 2.90. The van der Waals surface area contributed by atoms with E-state index in [0.717, 1.165) is 51.4 Å². The quantitative estimate of drug-likeness (QED) is 0.0633. The maximum Gasteiger partial charge on any atom is 0.249 e. The lowest BCUT2D eigenvalue weighted by Gasteiger charge is -2.27. The predicted molar refractivity (Wildman–Crippen MR) is 154 cm³/mol. The van der Waals surface area contributed by atoms with Crippen molar-refractivity contribution in [2.45, 2.75) is 173 Å². The minimum atomic E-state index is -1.26. The van der Waals surface area contributed by atoms with Crippen LogP contribution in [0.25, 0.3) is 0 Å². The Kier molecular flexibility index (Phi) is 26.0. The fourth-order valence-corrected chi connectivity index (χ4v) is 4.62. The van der Waals surface area contributed by atoms with Crippen LogP contribution >= 0.6 is 0 Å². The number of amides is 1. The van der Waals surface area contributed by atoms with Gasteiger partial charge in [0.25, 0.3) is 0 Å². The highest BCUT2D eigenvalue weighted by atomic mass is 16.3. The first-order valence-corrected chi connectivity index (χ1v) is 15.6. The summed E-state index contributed by atoms with van der Waals surface area (Å²) in [7, 11) is 0. The van der Waals surface area contributed by atoms with Crippen molar-refractivity contribution in [3.05, 3.63) is 12.2 Å². The maximum absolute atomic E-state index is 12.3. The van der Waals surface area contributed by atoms with E-state index in [1.165, 1.54) is 70.6 Å². The number of unbranched alkanes of at least 4 members (excludes halogenated alkanes) is 16. The van der Waals surface area contributed by atoms with Crippen molar-refractivity contribution in [3.8, 4) is 0 Å². The van der Waals surface area contributed by atoms with Gasteiger partial charge in [0, 0.05) is 0 Å². The van der Waals surface area contributed by atoms with Crippen LogP contribution in [0.5, 0.6) is 0 Å². The second kappa shape index (κ2) is 26.6. The molecule has 6 heteroatoms. The molecule has 220 valence electrons. The first-order valence-electron chi connectivity index (χ1n) is 15.6. The molecule has 4 atom stereocenters. The number of rotatable bonds is 27. The normalized spacial score (nSPS) is 15.1. The fraction of sp³-hybridized carbons (Fsp3) is 0.903. The topological polar surface area (TPSA) is 110 Å². The van der Waals surface area contributed by atoms with Gasteiger partial charge in [0.1, 0.15) is 12.2 Å². The standard InChI is InChI=1S/C31H61NO5/c1-3-5-7-9-11-13-14-15-17-18-20-22-24-28(34)30(36)27(26-33)32-31(37)29(35)25-23-21-19-16-12-10-8-6-4-2/h10,12,27-30,33-36H,3-9,11,13-26H2,1-2H3,(H,32,37)/b12-10-. The Bertz CT molecular complexity index is 528. The van der Waals surface area contributed by atoms with Gasteiger partial charge in [-0.1, -0.05) is 129 Å². The largest absolute Gasteiger partial charge is 0.394 e. The highest BCUT2D eigenvalue weighted by Gasteiger charge is 2.28. The summed E-state index contributed by atoms with van der Waals surface area (Å²) in [4.78, 5) is 12.3. The van der Waals surface area contributed by atoms with Crippen LogP contribution in [-0.4, -0.2) is 57.3 Å². The van der Waals surface area contributed by atoms with E-state index in [9.17, 15) is 25.2 Å². The van der Waals surface area contributed by atoms with E-state index in [1.807, 2.05) is 0 Å². The minimum absolute atomic E-state index is 0.348. The highest BCUT2D eigenvalue weighted by Crippen LogP contribution is 2.15. The number of allylic oxidation sites excluding steroid dienone is 2. The van der Waals surface area contributed by atoms with Crippen molar-refractivity contribution >= 4 is 5.91 Å². The molecule has 0 spiro atoms. The van der Waals surface area contributed by atoms with E-state index < -0.39 is 36.9 Å². The van der Waals surface area contributed by atoms with Crippen molar-refractivity contribution in [2.75, 3.05) is 6.61 Å². The highest BCUT2D eigenvalue weighted by molar-refractivity contribution is 5.80. The second-order valence-electron chi connectivity index (χ2n) is 10.8. The van der Waals surface area contributed by atoms with Gasteiger partial charge in [-0.3, -0.25) is 4.79 Å². The van der Waals surface area contributed by atoms with Gasteiger partial charge in [-0.15, -0.1) is 0 Å². The molecule has 0 rings (SSSR count). The molecule has 0 aliphatic rings.